The number of rotatable bonds is 5. The van der Waals surface area contributed by atoms with E-state index in [1.165, 1.54) is 0 Å². The van der Waals surface area contributed by atoms with Crippen LogP contribution >= 0.6 is 15.9 Å². The average Bonchev–Trinajstić information content (AvgIpc) is 2.16. The van der Waals surface area contributed by atoms with Crippen LogP contribution in [0.1, 0.15) is 5.56 Å². The molecule has 0 aliphatic carbocycles. The van der Waals surface area contributed by atoms with Gasteiger partial charge >= 0.3 is 0 Å². The number of hydrogen-bond donors (Lipinski definition) is 0. The molecule has 0 radical (unpaired) electrons. The number of benzene rings is 1. The third-order valence-corrected chi connectivity index (χ3v) is 4.30. The van der Waals surface area contributed by atoms with E-state index in [4.69, 9.17) is 8.85 Å². The Morgan fingerprint density at radius 2 is 1.50 bits per heavy atom. The summed E-state index contributed by atoms with van der Waals surface area (Å²) in [5.74, 6) is 1.93. The van der Waals surface area contributed by atoms with E-state index in [-0.39, 0.29) is 0 Å². The zero-order valence-electron chi connectivity index (χ0n) is 12.1. The van der Waals surface area contributed by atoms with Gasteiger partial charge in [0.25, 0.3) is 0 Å². The lowest BCUT2D eigenvalue weighted by atomic mass is 10.2. The first kappa shape index (κ1) is 15.8. The van der Waals surface area contributed by atoms with Crippen molar-refractivity contribution in [1.29, 1.82) is 0 Å². The predicted molar refractivity (Wildman–Crippen MR) is 87.0 cm³/mol. The van der Waals surface area contributed by atoms with Crippen molar-refractivity contribution in [3.8, 4) is 11.5 Å². The van der Waals surface area contributed by atoms with Crippen LogP contribution in [0.4, 0.5) is 0 Å². The summed E-state index contributed by atoms with van der Waals surface area (Å²) in [7, 11) is -3.11. The molecule has 1 aromatic carbocycles. The van der Waals surface area contributed by atoms with Crippen molar-refractivity contribution in [2.24, 2.45) is 0 Å². The fourth-order valence-corrected chi connectivity index (χ4v) is 3.64. The lowest BCUT2D eigenvalue weighted by Gasteiger charge is -2.23. The molecule has 0 bridgehead atoms. The molecule has 0 N–H and O–H groups in total. The Morgan fingerprint density at radius 1 is 0.944 bits per heavy atom. The molecule has 0 amide bonds. The minimum absolute atomic E-state index is 0.787. The molecule has 1 aromatic rings. The largest absolute Gasteiger partial charge is 0.544 e. The van der Waals surface area contributed by atoms with Crippen LogP contribution in [0.2, 0.25) is 39.3 Å². The van der Waals surface area contributed by atoms with Crippen LogP contribution in [0.25, 0.3) is 0 Å². The Kier molecular flexibility index (Phi) is 5.08. The summed E-state index contributed by atoms with van der Waals surface area (Å²) >= 11 is 3.52. The maximum Gasteiger partial charge on any atom is 0.242 e. The van der Waals surface area contributed by atoms with Gasteiger partial charge in [-0.05, 0) is 57.5 Å². The van der Waals surface area contributed by atoms with Gasteiger partial charge in [0, 0.05) is 10.9 Å². The van der Waals surface area contributed by atoms with E-state index in [0.717, 1.165) is 22.4 Å². The second-order valence-electron chi connectivity index (χ2n) is 6.33. The van der Waals surface area contributed by atoms with E-state index in [9.17, 15) is 0 Å². The lowest BCUT2D eigenvalue weighted by Crippen LogP contribution is -2.30. The van der Waals surface area contributed by atoms with Crippen molar-refractivity contribution in [3.63, 3.8) is 0 Å². The van der Waals surface area contributed by atoms with Gasteiger partial charge in [-0.15, -0.1) is 0 Å². The van der Waals surface area contributed by atoms with Crippen molar-refractivity contribution in [2.45, 2.75) is 44.6 Å². The summed E-state index contributed by atoms with van der Waals surface area (Å²) in [4.78, 5) is 0. The highest BCUT2D eigenvalue weighted by Crippen LogP contribution is 2.29. The molecule has 0 aromatic heterocycles. The molecule has 0 atom stereocenters. The van der Waals surface area contributed by atoms with Gasteiger partial charge in [-0.3, -0.25) is 0 Å². The summed E-state index contributed by atoms with van der Waals surface area (Å²) < 4.78 is 12.1. The van der Waals surface area contributed by atoms with Gasteiger partial charge < -0.3 is 8.85 Å². The zero-order valence-corrected chi connectivity index (χ0v) is 15.7. The molecule has 0 heterocycles. The quantitative estimate of drug-likeness (QED) is 0.551. The molecule has 0 aliphatic rings. The molecule has 0 saturated carbocycles. The Balaban J connectivity index is 2.97. The fourth-order valence-electron chi connectivity index (χ4n) is 1.51. The van der Waals surface area contributed by atoms with Gasteiger partial charge in [0.2, 0.25) is 16.6 Å². The first-order valence-electron chi connectivity index (χ1n) is 6.18. The second-order valence-corrected chi connectivity index (χ2v) is 15.8. The van der Waals surface area contributed by atoms with Gasteiger partial charge in [0.1, 0.15) is 11.5 Å². The summed E-state index contributed by atoms with van der Waals surface area (Å²) in [6, 6.07) is 6.13. The van der Waals surface area contributed by atoms with E-state index in [0.29, 0.717) is 0 Å². The molecule has 2 nitrogen and oxygen atoms in total. The number of halogens is 1. The molecular weight excluding hydrogens is 324 g/mol. The molecule has 0 fully saturated rings. The molecule has 5 heteroatoms. The predicted octanol–water partition coefficient (Wildman–Crippen LogP) is 5.01. The topological polar surface area (TPSA) is 18.5 Å². The third kappa shape index (κ3) is 5.58. The summed E-state index contributed by atoms with van der Waals surface area (Å²) in [6.07, 6.45) is 0. The molecule has 0 unspecified atom stereocenters. The fraction of sp³-hybridized carbons (Fsp3) is 0.538. The highest BCUT2D eigenvalue weighted by atomic mass is 79.9. The van der Waals surface area contributed by atoms with Crippen molar-refractivity contribution >= 4 is 32.6 Å². The van der Waals surface area contributed by atoms with Crippen molar-refractivity contribution in [2.75, 3.05) is 0 Å². The van der Waals surface area contributed by atoms with Gasteiger partial charge in [0.05, 0.1) is 0 Å². The van der Waals surface area contributed by atoms with Crippen LogP contribution < -0.4 is 8.85 Å². The van der Waals surface area contributed by atoms with E-state index in [2.05, 4.69) is 61.3 Å². The Labute approximate surface area is 121 Å². The van der Waals surface area contributed by atoms with Gasteiger partial charge in [-0.25, -0.2) is 0 Å². The average molecular weight is 347 g/mol. The number of alkyl halides is 1. The lowest BCUT2D eigenvalue weighted by molar-refractivity contribution is 0.538. The maximum atomic E-state index is 6.07. The van der Waals surface area contributed by atoms with Gasteiger partial charge in [-0.2, -0.15) is 0 Å². The molecule has 1 rings (SSSR count). The van der Waals surface area contributed by atoms with Crippen LogP contribution in [0, 0.1) is 0 Å². The van der Waals surface area contributed by atoms with E-state index in [1.54, 1.807) is 0 Å². The molecule has 0 aliphatic heterocycles. The zero-order chi connectivity index (χ0) is 14.0. The van der Waals surface area contributed by atoms with Crippen molar-refractivity contribution < 1.29 is 8.85 Å². The first-order valence-corrected chi connectivity index (χ1v) is 14.1. The molecule has 18 heavy (non-hydrogen) atoms. The normalized spacial score (nSPS) is 12.4. The van der Waals surface area contributed by atoms with Gasteiger partial charge in [-0.1, -0.05) is 15.9 Å². The Bertz CT molecular complexity index is 408. The maximum absolute atomic E-state index is 6.07. The standard InChI is InChI=1S/C13H23BrO2Si2/c1-17(2,3)15-12-7-8-13(11(9-12)10-14)16-18(4,5)6/h7-9H,10H2,1-6H3. The summed E-state index contributed by atoms with van der Waals surface area (Å²) in [6.45, 7) is 13.1. The highest BCUT2D eigenvalue weighted by Gasteiger charge is 2.20. The smallest absolute Gasteiger partial charge is 0.242 e. The molecule has 0 saturated heterocycles. The summed E-state index contributed by atoms with van der Waals surface area (Å²) in [5, 5.41) is 0.787. The van der Waals surface area contributed by atoms with Gasteiger partial charge in [0.15, 0.2) is 0 Å². The van der Waals surface area contributed by atoms with Crippen LogP contribution in [0.5, 0.6) is 11.5 Å². The second kappa shape index (κ2) is 5.80. The van der Waals surface area contributed by atoms with E-state index >= 15 is 0 Å². The molecule has 102 valence electrons. The van der Waals surface area contributed by atoms with Crippen molar-refractivity contribution in [1.82, 2.24) is 0 Å². The minimum atomic E-state index is -1.56. The first-order chi connectivity index (χ1) is 8.11. The minimum Gasteiger partial charge on any atom is -0.544 e. The van der Waals surface area contributed by atoms with Crippen LogP contribution in [0.15, 0.2) is 18.2 Å². The SMILES string of the molecule is C[Si](C)(C)Oc1ccc(O[Si](C)(C)C)c(CBr)c1. The van der Waals surface area contributed by atoms with Crippen LogP contribution in [-0.2, 0) is 5.33 Å². The third-order valence-electron chi connectivity index (χ3n) is 2.02. The summed E-state index contributed by atoms with van der Waals surface area (Å²) in [5.41, 5.74) is 1.16. The Hall–Kier alpha value is -0.266. The molecular formula is C13H23BrO2Si2. The molecule has 0 spiro atoms. The highest BCUT2D eigenvalue weighted by molar-refractivity contribution is 9.08. The van der Waals surface area contributed by atoms with E-state index < -0.39 is 16.6 Å². The van der Waals surface area contributed by atoms with Crippen LogP contribution in [-0.4, -0.2) is 16.6 Å². The van der Waals surface area contributed by atoms with Crippen LogP contribution in [0.3, 0.4) is 0 Å². The Morgan fingerprint density at radius 3 is 1.94 bits per heavy atom. The van der Waals surface area contributed by atoms with E-state index in [1.807, 2.05) is 12.1 Å². The monoisotopic (exact) mass is 346 g/mol. The number of hydrogen-bond acceptors (Lipinski definition) is 2. The van der Waals surface area contributed by atoms with Crippen molar-refractivity contribution in [3.05, 3.63) is 23.8 Å².